The van der Waals surface area contributed by atoms with Gasteiger partial charge in [-0.2, -0.15) is 17.5 Å². The molecule has 2 aliphatic rings. The van der Waals surface area contributed by atoms with Crippen LogP contribution in [0, 0.1) is 3.57 Å². The Morgan fingerprint density at radius 1 is 1.07 bits per heavy atom. The summed E-state index contributed by atoms with van der Waals surface area (Å²) >= 11 is 8.22. The maximum atomic E-state index is 13.4. The van der Waals surface area contributed by atoms with E-state index in [1.54, 1.807) is 40.8 Å². The Hall–Kier alpha value is -2.40. The molecule has 0 bridgehead atoms. The molecular weight excluding hydrogens is 720 g/mol. The largest absolute Gasteiger partial charge is 0.492 e. The van der Waals surface area contributed by atoms with Crippen molar-refractivity contribution in [3.05, 3.63) is 68.1 Å². The lowest BCUT2D eigenvalue weighted by Gasteiger charge is -2.33. The minimum atomic E-state index is -4.42. The molecule has 1 N–H and O–H groups in total. The van der Waals surface area contributed by atoms with Crippen LogP contribution < -0.4 is 15.0 Å². The van der Waals surface area contributed by atoms with Gasteiger partial charge in [-0.25, -0.2) is 18.4 Å². The molecule has 1 fully saturated rings. The van der Waals surface area contributed by atoms with Crippen LogP contribution in [0.25, 0.3) is 0 Å². The molecule has 0 saturated carbocycles. The van der Waals surface area contributed by atoms with Crippen LogP contribution >= 0.6 is 34.2 Å². The lowest BCUT2D eigenvalue weighted by atomic mass is 10.0. The van der Waals surface area contributed by atoms with Gasteiger partial charge in [0.2, 0.25) is 10.0 Å². The van der Waals surface area contributed by atoms with Crippen molar-refractivity contribution in [2.45, 2.75) is 25.6 Å². The monoisotopic (exact) mass is 750 g/mol. The van der Waals surface area contributed by atoms with Crippen LogP contribution in [0.4, 0.5) is 30.4 Å². The third-order valence-corrected chi connectivity index (χ3v) is 10.0. The zero-order chi connectivity index (χ0) is 30.8. The molecule has 0 aliphatic carbocycles. The summed E-state index contributed by atoms with van der Waals surface area (Å²) in [7, 11) is -3.14. The number of benzene rings is 2. The summed E-state index contributed by atoms with van der Waals surface area (Å²) in [5.41, 5.74) is 2.24. The van der Waals surface area contributed by atoms with E-state index < -0.39 is 21.8 Å². The van der Waals surface area contributed by atoms with Crippen LogP contribution in [-0.2, 0) is 29.2 Å². The molecule has 3 aromatic rings. The average Bonchev–Trinajstić information content (AvgIpc) is 2.95. The minimum absolute atomic E-state index is 0.164. The highest BCUT2D eigenvalue weighted by atomic mass is 127. The number of rotatable bonds is 9. The molecule has 2 aliphatic heterocycles. The number of ether oxygens (including phenoxy) is 1. The number of nitrogens with zero attached hydrogens (tertiary/aromatic N) is 5. The molecule has 1 aromatic heterocycles. The Labute approximate surface area is 267 Å². The van der Waals surface area contributed by atoms with E-state index in [1.807, 2.05) is 11.0 Å². The van der Waals surface area contributed by atoms with Crippen molar-refractivity contribution in [2.24, 2.45) is 0 Å². The van der Waals surface area contributed by atoms with Gasteiger partial charge < -0.3 is 19.9 Å². The third kappa shape index (κ3) is 8.01. The van der Waals surface area contributed by atoms with Gasteiger partial charge in [0.1, 0.15) is 17.9 Å². The fourth-order valence-corrected chi connectivity index (χ4v) is 6.90. The summed E-state index contributed by atoms with van der Waals surface area (Å²) in [6.07, 6.45) is -0.396. The van der Waals surface area contributed by atoms with Gasteiger partial charge in [0.15, 0.2) is 0 Å². The highest BCUT2D eigenvalue weighted by Crippen LogP contribution is 2.37. The molecule has 232 valence electrons. The zero-order valence-electron chi connectivity index (χ0n) is 23.4. The Bertz CT molecular complexity index is 1570. The number of hydrogen-bond donors (Lipinski definition) is 1. The highest BCUT2D eigenvalue weighted by Gasteiger charge is 2.34. The molecule has 2 aromatic carbocycles. The number of sulfonamides is 1. The minimum Gasteiger partial charge on any atom is -0.492 e. The smallest absolute Gasteiger partial charge is 0.417 e. The van der Waals surface area contributed by atoms with Gasteiger partial charge in [0.25, 0.3) is 0 Å². The SMILES string of the molecule is CS(=O)(=O)N1CCN(CCCOc2ccc(Nc3ncnc4c3CCN(c3ccc(I)c(C(F)(F)F)c3)C4)cc2Cl)CC1. The predicted octanol–water partition coefficient (Wildman–Crippen LogP) is 5.41. The molecule has 0 unspecified atom stereocenters. The van der Waals surface area contributed by atoms with Gasteiger partial charge in [-0.15, -0.1) is 0 Å². The molecule has 15 heteroatoms. The van der Waals surface area contributed by atoms with Crippen molar-refractivity contribution >= 4 is 61.4 Å². The first-order valence-corrected chi connectivity index (χ1v) is 17.0. The number of aromatic nitrogens is 2. The maximum Gasteiger partial charge on any atom is 0.417 e. The summed E-state index contributed by atoms with van der Waals surface area (Å²) in [4.78, 5) is 12.9. The van der Waals surface area contributed by atoms with Crippen molar-refractivity contribution in [3.8, 4) is 5.75 Å². The van der Waals surface area contributed by atoms with Crippen LogP contribution in [0.15, 0.2) is 42.7 Å². The van der Waals surface area contributed by atoms with E-state index in [1.165, 1.54) is 29.0 Å². The number of anilines is 3. The van der Waals surface area contributed by atoms with Gasteiger partial charge in [-0.1, -0.05) is 11.6 Å². The Balaban J connectivity index is 1.16. The first-order chi connectivity index (χ1) is 20.4. The van der Waals surface area contributed by atoms with Crippen molar-refractivity contribution in [1.29, 1.82) is 0 Å². The summed E-state index contributed by atoms with van der Waals surface area (Å²) in [5.74, 6) is 1.19. The number of fused-ring (bicyclic) bond motifs is 1. The molecule has 9 nitrogen and oxygen atoms in total. The first kappa shape index (κ1) is 32.0. The number of piperazine rings is 1. The topological polar surface area (TPSA) is 90.9 Å². The van der Waals surface area contributed by atoms with Crippen molar-refractivity contribution in [1.82, 2.24) is 19.2 Å². The van der Waals surface area contributed by atoms with E-state index in [-0.39, 0.29) is 3.57 Å². The molecule has 1 saturated heterocycles. The van der Waals surface area contributed by atoms with E-state index in [2.05, 4.69) is 20.2 Å². The number of hydrogen-bond acceptors (Lipinski definition) is 8. The number of alkyl halides is 3. The van der Waals surface area contributed by atoms with Crippen LogP contribution in [0.1, 0.15) is 23.2 Å². The quantitative estimate of drug-likeness (QED) is 0.230. The second kappa shape index (κ2) is 13.3. The summed E-state index contributed by atoms with van der Waals surface area (Å²) in [6.45, 7) is 4.57. The zero-order valence-corrected chi connectivity index (χ0v) is 27.1. The highest BCUT2D eigenvalue weighted by molar-refractivity contribution is 14.1. The Morgan fingerprint density at radius 2 is 1.84 bits per heavy atom. The predicted molar refractivity (Wildman–Crippen MR) is 169 cm³/mol. The van der Waals surface area contributed by atoms with Gasteiger partial charge in [0, 0.05) is 59.8 Å². The third-order valence-electron chi connectivity index (χ3n) is 7.50. The standard InChI is InChI=1S/C28H31ClF3IN6O3S/c1-43(40,41)39-12-10-37(11-13-39)8-2-14-42-26-6-3-19(15-23(26)29)36-27-21-7-9-38(17-25(21)34-18-35-27)20-4-5-24(33)22(16-20)28(30,31)32/h3-6,15-16,18H,2,7-14,17H2,1H3,(H,34,35,36). The molecule has 0 radical (unpaired) electrons. The number of halogens is 5. The van der Waals surface area contributed by atoms with E-state index in [9.17, 15) is 21.6 Å². The second-order valence-electron chi connectivity index (χ2n) is 10.5. The lowest BCUT2D eigenvalue weighted by Crippen LogP contribution is -2.48. The van der Waals surface area contributed by atoms with E-state index in [0.29, 0.717) is 74.6 Å². The van der Waals surface area contributed by atoms with Crippen LogP contribution in [0.2, 0.25) is 5.02 Å². The van der Waals surface area contributed by atoms with Crippen molar-refractivity contribution in [2.75, 3.05) is 62.3 Å². The van der Waals surface area contributed by atoms with Gasteiger partial charge >= 0.3 is 6.18 Å². The van der Waals surface area contributed by atoms with Crippen LogP contribution in [0.5, 0.6) is 5.75 Å². The first-order valence-electron chi connectivity index (χ1n) is 13.7. The fraction of sp³-hybridized carbons (Fsp3) is 0.429. The molecule has 3 heterocycles. The van der Waals surface area contributed by atoms with E-state index >= 15 is 0 Å². The van der Waals surface area contributed by atoms with Crippen molar-refractivity contribution < 1.29 is 26.3 Å². The Morgan fingerprint density at radius 3 is 2.53 bits per heavy atom. The molecule has 0 atom stereocenters. The maximum absolute atomic E-state index is 13.4. The molecular formula is C28H31ClF3IN6O3S. The number of nitrogens with one attached hydrogen (secondary N) is 1. The van der Waals surface area contributed by atoms with Crippen molar-refractivity contribution in [3.63, 3.8) is 0 Å². The van der Waals surface area contributed by atoms with Crippen LogP contribution in [-0.4, -0.2) is 79.7 Å². The molecule has 43 heavy (non-hydrogen) atoms. The Kier molecular flexibility index (Phi) is 9.90. The molecule has 5 rings (SSSR count). The average molecular weight is 751 g/mol. The van der Waals surface area contributed by atoms with Crippen LogP contribution in [0.3, 0.4) is 0 Å². The second-order valence-corrected chi connectivity index (χ2v) is 14.0. The van der Waals surface area contributed by atoms with Gasteiger partial charge in [-0.05, 0) is 71.8 Å². The fourth-order valence-electron chi connectivity index (χ4n) is 5.20. The van der Waals surface area contributed by atoms with Gasteiger partial charge in [0.05, 0.1) is 35.7 Å². The molecule has 0 spiro atoms. The lowest BCUT2D eigenvalue weighted by molar-refractivity contribution is -0.138. The summed E-state index contributed by atoms with van der Waals surface area (Å²) in [5, 5.41) is 3.75. The normalized spacial score (nSPS) is 16.7. The van der Waals surface area contributed by atoms with E-state index in [4.69, 9.17) is 16.3 Å². The van der Waals surface area contributed by atoms with E-state index in [0.717, 1.165) is 29.9 Å². The summed E-state index contributed by atoms with van der Waals surface area (Å²) < 4.78 is 71.2. The van der Waals surface area contributed by atoms with Gasteiger partial charge in [-0.3, -0.25) is 0 Å². The summed E-state index contributed by atoms with van der Waals surface area (Å²) in [6, 6.07) is 9.79. The molecule has 0 amide bonds.